The summed E-state index contributed by atoms with van der Waals surface area (Å²) < 4.78 is 0. The Hall–Kier alpha value is -3.90. The molecule has 0 spiro atoms. The fraction of sp³-hybridized carbons (Fsp3) is 0.138. The number of thioether (sulfide) groups is 1. The number of para-hydroxylation sites is 2. The average molecular weight is 477 g/mol. The highest BCUT2D eigenvalue weighted by Gasteiger charge is 2.25. The van der Waals surface area contributed by atoms with Gasteiger partial charge in [0.2, 0.25) is 5.91 Å². The maximum atomic E-state index is 13.5. The molecular formula is C29H24N4OS. The van der Waals surface area contributed by atoms with Gasteiger partial charge in [-0.15, -0.1) is 0 Å². The number of benzene rings is 3. The lowest BCUT2D eigenvalue weighted by atomic mass is 10.0. The predicted molar refractivity (Wildman–Crippen MR) is 142 cm³/mol. The third kappa shape index (κ3) is 4.21. The van der Waals surface area contributed by atoms with Crippen molar-refractivity contribution < 1.29 is 4.79 Å². The van der Waals surface area contributed by atoms with Gasteiger partial charge >= 0.3 is 0 Å². The second kappa shape index (κ2) is 9.04. The smallest absolute Gasteiger partial charge is 0.241 e. The third-order valence-electron chi connectivity index (χ3n) is 6.37. The Morgan fingerprint density at radius 3 is 2.34 bits per heavy atom. The topological polar surface area (TPSA) is 61.9 Å². The number of hydrogen-bond acceptors (Lipinski definition) is 4. The van der Waals surface area contributed by atoms with Crippen LogP contribution < -0.4 is 4.90 Å². The van der Waals surface area contributed by atoms with Crippen molar-refractivity contribution in [2.45, 2.75) is 24.8 Å². The van der Waals surface area contributed by atoms with Crippen LogP contribution in [-0.4, -0.2) is 26.6 Å². The summed E-state index contributed by atoms with van der Waals surface area (Å²) in [6.07, 6.45) is 3.66. The van der Waals surface area contributed by atoms with Crippen LogP contribution in [0.15, 0.2) is 90.1 Å². The average Bonchev–Trinajstić information content (AvgIpc) is 3.23. The van der Waals surface area contributed by atoms with Crippen molar-refractivity contribution in [2.75, 3.05) is 10.7 Å². The Labute approximate surface area is 208 Å². The van der Waals surface area contributed by atoms with Gasteiger partial charge in [0.05, 0.1) is 33.2 Å². The van der Waals surface area contributed by atoms with Gasteiger partial charge in [-0.3, -0.25) is 9.69 Å². The second-order valence-corrected chi connectivity index (χ2v) is 9.76. The zero-order valence-corrected chi connectivity index (χ0v) is 20.2. The van der Waals surface area contributed by atoms with Crippen molar-refractivity contribution >= 4 is 40.1 Å². The molecule has 3 aromatic carbocycles. The van der Waals surface area contributed by atoms with Gasteiger partial charge in [0.1, 0.15) is 5.82 Å². The summed E-state index contributed by atoms with van der Waals surface area (Å²) in [5.74, 6) is 1.15. The number of fused-ring (bicyclic) bond motifs is 3. The van der Waals surface area contributed by atoms with Gasteiger partial charge in [-0.05, 0) is 72.9 Å². The van der Waals surface area contributed by atoms with Gasteiger partial charge < -0.3 is 4.98 Å². The Kier molecular flexibility index (Phi) is 5.58. The lowest BCUT2D eigenvalue weighted by Gasteiger charge is -2.24. The van der Waals surface area contributed by atoms with E-state index in [0.717, 1.165) is 51.7 Å². The number of amides is 1. The summed E-state index contributed by atoms with van der Waals surface area (Å²) in [4.78, 5) is 28.1. The van der Waals surface area contributed by atoms with Crippen molar-refractivity contribution in [3.05, 3.63) is 102 Å². The zero-order chi connectivity index (χ0) is 23.8. The Morgan fingerprint density at radius 1 is 0.943 bits per heavy atom. The van der Waals surface area contributed by atoms with Gasteiger partial charge in [-0.2, -0.15) is 0 Å². The normalized spacial score (nSPS) is 12.8. The van der Waals surface area contributed by atoms with Gasteiger partial charge in [0.25, 0.3) is 0 Å². The molecule has 6 rings (SSSR count). The minimum Gasteiger partial charge on any atom is -0.338 e. The molecular weight excluding hydrogens is 452 g/mol. The lowest BCUT2D eigenvalue weighted by Crippen LogP contribution is -2.28. The SMILES string of the molecule is Cc1ccc2nc(-c3ccc(SCC(=O)N4c5ccccc5CCc5ccccc54)nc3)[nH]c2c1. The molecule has 1 aliphatic rings. The molecule has 1 aliphatic heterocycles. The van der Waals surface area contributed by atoms with Crippen LogP contribution in [0.4, 0.5) is 11.4 Å². The quantitative estimate of drug-likeness (QED) is 0.301. The molecule has 5 aromatic rings. The Morgan fingerprint density at radius 2 is 1.66 bits per heavy atom. The Balaban J connectivity index is 1.22. The van der Waals surface area contributed by atoms with E-state index < -0.39 is 0 Å². The number of carbonyl (C=O) groups excluding carboxylic acids is 1. The highest BCUT2D eigenvalue weighted by atomic mass is 32.2. The molecule has 0 fully saturated rings. The predicted octanol–water partition coefficient (Wildman–Crippen LogP) is 6.49. The van der Waals surface area contributed by atoms with Gasteiger partial charge in [0, 0.05) is 11.8 Å². The van der Waals surface area contributed by atoms with E-state index in [2.05, 4.69) is 46.1 Å². The van der Waals surface area contributed by atoms with Crippen LogP contribution in [0.25, 0.3) is 22.4 Å². The fourth-order valence-corrected chi connectivity index (χ4v) is 5.31. The number of aromatic amines is 1. The molecule has 0 unspecified atom stereocenters. The maximum Gasteiger partial charge on any atom is 0.241 e. The van der Waals surface area contributed by atoms with E-state index in [0.29, 0.717) is 5.75 Å². The van der Waals surface area contributed by atoms with E-state index >= 15 is 0 Å². The van der Waals surface area contributed by atoms with E-state index in [9.17, 15) is 4.79 Å². The number of nitrogens with one attached hydrogen (secondary N) is 1. The van der Waals surface area contributed by atoms with Gasteiger partial charge in [-0.25, -0.2) is 9.97 Å². The number of pyridine rings is 1. The molecule has 5 nitrogen and oxygen atoms in total. The summed E-state index contributed by atoms with van der Waals surface area (Å²) in [5.41, 5.74) is 8.42. The Bertz CT molecular complexity index is 1490. The number of anilines is 2. The minimum absolute atomic E-state index is 0.0512. The molecule has 35 heavy (non-hydrogen) atoms. The molecule has 0 radical (unpaired) electrons. The van der Waals surface area contributed by atoms with Crippen LogP contribution in [0.3, 0.4) is 0 Å². The standard InChI is InChI=1S/C29H24N4OS/c1-19-10-14-23-24(16-19)32-29(31-23)22-13-15-27(30-17-22)35-18-28(34)33-25-8-4-2-6-20(25)11-12-21-7-3-5-9-26(21)33/h2-10,13-17H,11-12,18H2,1H3,(H,31,32). The number of aromatic nitrogens is 3. The second-order valence-electron chi connectivity index (χ2n) is 8.77. The largest absolute Gasteiger partial charge is 0.338 e. The molecule has 1 amide bonds. The molecule has 0 aliphatic carbocycles. The highest BCUT2D eigenvalue weighted by Crippen LogP contribution is 2.36. The van der Waals surface area contributed by atoms with Crippen LogP contribution in [0, 0.1) is 6.92 Å². The summed E-state index contributed by atoms with van der Waals surface area (Å²) in [7, 11) is 0. The van der Waals surface area contributed by atoms with Gasteiger partial charge in [0.15, 0.2) is 0 Å². The van der Waals surface area contributed by atoms with Crippen LogP contribution >= 0.6 is 11.8 Å². The number of imidazole rings is 1. The van der Waals surface area contributed by atoms with Crippen LogP contribution in [0.2, 0.25) is 0 Å². The van der Waals surface area contributed by atoms with Crippen LogP contribution in [-0.2, 0) is 17.6 Å². The summed E-state index contributed by atoms with van der Waals surface area (Å²) in [5, 5.41) is 0.811. The molecule has 0 bridgehead atoms. The molecule has 0 atom stereocenters. The highest BCUT2D eigenvalue weighted by molar-refractivity contribution is 7.99. The molecule has 1 N–H and O–H groups in total. The van der Waals surface area contributed by atoms with Crippen LogP contribution in [0.5, 0.6) is 0 Å². The van der Waals surface area contributed by atoms with E-state index in [-0.39, 0.29) is 5.91 Å². The summed E-state index contributed by atoms with van der Waals surface area (Å²) in [6.45, 7) is 2.07. The first-order chi connectivity index (χ1) is 17.2. The third-order valence-corrected chi connectivity index (χ3v) is 7.30. The van der Waals surface area contributed by atoms with E-state index in [1.165, 1.54) is 28.5 Å². The number of nitrogens with zero attached hydrogens (tertiary/aromatic N) is 3. The number of carbonyl (C=O) groups is 1. The fourth-order valence-electron chi connectivity index (χ4n) is 4.61. The van der Waals surface area contributed by atoms with E-state index in [4.69, 9.17) is 0 Å². The lowest BCUT2D eigenvalue weighted by molar-refractivity contribution is -0.115. The number of hydrogen-bond donors (Lipinski definition) is 1. The zero-order valence-electron chi connectivity index (χ0n) is 19.4. The van der Waals surface area contributed by atoms with Crippen LogP contribution in [0.1, 0.15) is 16.7 Å². The van der Waals surface area contributed by atoms with E-state index in [1.54, 1.807) is 0 Å². The molecule has 0 saturated heterocycles. The maximum absolute atomic E-state index is 13.5. The van der Waals surface area contributed by atoms with Crippen molar-refractivity contribution in [1.29, 1.82) is 0 Å². The van der Waals surface area contributed by atoms with Gasteiger partial charge in [-0.1, -0.05) is 54.2 Å². The number of rotatable bonds is 4. The molecule has 6 heteroatoms. The van der Waals surface area contributed by atoms with Crippen molar-refractivity contribution in [3.8, 4) is 11.4 Å². The first-order valence-corrected chi connectivity index (χ1v) is 12.7. The van der Waals surface area contributed by atoms with Crippen molar-refractivity contribution in [2.24, 2.45) is 0 Å². The minimum atomic E-state index is 0.0512. The first-order valence-electron chi connectivity index (χ1n) is 11.7. The first kappa shape index (κ1) is 21.6. The molecule has 0 saturated carbocycles. The summed E-state index contributed by atoms with van der Waals surface area (Å²) in [6, 6.07) is 26.5. The number of aryl methyl sites for hydroxylation is 3. The monoisotopic (exact) mass is 476 g/mol. The van der Waals surface area contributed by atoms with Crippen molar-refractivity contribution in [3.63, 3.8) is 0 Å². The molecule has 3 heterocycles. The van der Waals surface area contributed by atoms with E-state index in [1.807, 2.05) is 65.7 Å². The molecule has 2 aromatic heterocycles. The summed E-state index contributed by atoms with van der Waals surface area (Å²) >= 11 is 1.46. The number of H-pyrrole nitrogens is 1. The molecule has 172 valence electrons. The van der Waals surface area contributed by atoms with Crippen molar-refractivity contribution in [1.82, 2.24) is 15.0 Å².